The first-order chi connectivity index (χ1) is 12.2. The third-order valence-corrected chi connectivity index (χ3v) is 4.58. The first kappa shape index (κ1) is 17.4. The van der Waals surface area contributed by atoms with E-state index in [1.807, 2.05) is 53.4 Å². The lowest BCUT2D eigenvalue weighted by atomic mass is 10.2. The summed E-state index contributed by atoms with van der Waals surface area (Å²) in [5.74, 6) is 0.812. The van der Waals surface area contributed by atoms with Crippen LogP contribution in [0.25, 0.3) is 0 Å². The first-order valence-electron chi connectivity index (χ1n) is 8.32. The highest BCUT2D eigenvalue weighted by molar-refractivity contribution is 6.30. The fraction of sp³-hybridized carbons (Fsp3) is 0.316. The van der Waals surface area contributed by atoms with E-state index in [4.69, 9.17) is 16.3 Å². The maximum atomic E-state index is 12.3. The largest absolute Gasteiger partial charge is 0.497 e. The normalized spacial score (nSPS) is 14.3. The lowest BCUT2D eigenvalue weighted by molar-refractivity contribution is 0.194. The molecule has 0 aromatic heterocycles. The fourth-order valence-corrected chi connectivity index (χ4v) is 3.06. The van der Waals surface area contributed by atoms with Crippen LogP contribution in [0.1, 0.15) is 5.56 Å². The molecule has 0 radical (unpaired) electrons. The molecule has 1 N–H and O–H groups in total. The van der Waals surface area contributed by atoms with Gasteiger partial charge in [-0.3, -0.25) is 0 Å². The fourth-order valence-electron chi connectivity index (χ4n) is 2.87. The number of nitrogens with one attached hydrogen (secondary N) is 1. The molecule has 1 heterocycles. The Morgan fingerprint density at radius 2 is 1.84 bits per heavy atom. The predicted octanol–water partition coefficient (Wildman–Crippen LogP) is 3.38. The van der Waals surface area contributed by atoms with Gasteiger partial charge in [0.15, 0.2) is 0 Å². The van der Waals surface area contributed by atoms with Crippen LogP contribution >= 0.6 is 11.6 Å². The highest BCUT2D eigenvalue weighted by Gasteiger charge is 2.21. The van der Waals surface area contributed by atoms with Gasteiger partial charge in [0.25, 0.3) is 0 Å². The predicted molar refractivity (Wildman–Crippen MR) is 100 cm³/mol. The van der Waals surface area contributed by atoms with Crippen LogP contribution in [0.5, 0.6) is 5.75 Å². The number of carbonyl (C=O) groups excluding carboxylic acids is 1. The van der Waals surface area contributed by atoms with Gasteiger partial charge in [0, 0.05) is 43.4 Å². The molecule has 25 heavy (non-hydrogen) atoms. The van der Waals surface area contributed by atoms with Crippen LogP contribution < -0.4 is 15.0 Å². The van der Waals surface area contributed by atoms with Gasteiger partial charge in [-0.2, -0.15) is 0 Å². The molecular formula is C19H22ClN3O2. The third-order valence-electron chi connectivity index (χ3n) is 4.34. The Morgan fingerprint density at radius 1 is 1.12 bits per heavy atom. The van der Waals surface area contributed by atoms with E-state index in [-0.39, 0.29) is 6.03 Å². The molecule has 3 rings (SSSR count). The van der Waals surface area contributed by atoms with Gasteiger partial charge in [-0.05, 0) is 35.9 Å². The number of methoxy groups -OCH3 is 1. The summed E-state index contributed by atoms with van der Waals surface area (Å²) in [6, 6.07) is 15.5. The Kier molecular flexibility index (Phi) is 5.66. The number of halogens is 1. The topological polar surface area (TPSA) is 44.8 Å². The summed E-state index contributed by atoms with van der Waals surface area (Å²) in [6.45, 7) is 3.51. The van der Waals surface area contributed by atoms with Crippen LogP contribution in [0.4, 0.5) is 10.5 Å². The lowest BCUT2D eigenvalue weighted by Crippen LogP contribution is -2.51. The van der Waals surface area contributed by atoms with Crippen molar-refractivity contribution >= 4 is 23.3 Å². The zero-order chi connectivity index (χ0) is 17.6. The van der Waals surface area contributed by atoms with Gasteiger partial charge >= 0.3 is 6.03 Å². The Bertz CT molecular complexity index is 713. The minimum Gasteiger partial charge on any atom is -0.497 e. The molecular weight excluding hydrogens is 338 g/mol. The number of hydrogen-bond donors (Lipinski definition) is 1. The monoisotopic (exact) mass is 359 g/mol. The summed E-state index contributed by atoms with van der Waals surface area (Å²) in [5.41, 5.74) is 2.15. The maximum Gasteiger partial charge on any atom is 0.317 e. The number of hydrogen-bond acceptors (Lipinski definition) is 3. The van der Waals surface area contributed by atoms with Crippen LogP contribution in [0.15, 0.2) is 48.5 Å². The van der Waals surface area contributed by atoms with Crippen molar-refractivity contribution in [2.45, 2.75) is 6.54 Å². The number of nitrogens with zero attached hydrogens (tertiary/aromatic N) is 2. The second-order valence-corrected chi connectivity index (χ2v) is 6.40. The van der Waals surface area contributed by atoms with Crippen molar-refractivity contribution in [3.63, 3.8) is 0 Å². The van der Waals surface area contributed by atoms with Crippen molar-refractivity contribution in [2.24, 2.45) is 0 Å². The smallest absolute Gasteiger partial charge is 0.317 e. The molecule has 1 aliphatic heterocycles. The molecule has 2 aromatic carbocycles. The van der Waals surface area contributed by atoms with Gasteiger partial charge in [0.05, 0.1) is 7.11 Å². The second kappa shape index (κ2) is 8.12. The van der Waals surface area contributed by atoms with Crippen molar-refractivity contribution < 1.29 is 9.53 Å². The molecule has 0 saturated carbocycles. The van der Waals surface area contributed by atoms with E-state index in [1.165, 1.54) is 0 Å². The van der Waals surface area contributed by atoms with Crippen molar-refractivity contribution in [3.05, 3.63) is 59.1 Å². The molecule has 0 aliphatic carbocycles. The van der Waals surface area contributed by atoms with E-state index in [2.05, 4.69) is 10.2 Å². The second-order valence-electron chi connectivity index (χ2n) is 5.96. The number of benzene rings is 2. The first-order valence-corrected chi connectivity index (χ1v) is 8.70. The number of piperazine rings is 1. The molecule has 5 nitrogen and oxygen atoms in total. The number of anilines is 1. The third kappa shape index (κ3) is 4.57. The van der Waals surface area contributed by atoms with Crippen LogP contribution in [-0.4, -0.2) is 44.2 Å². The molecule has 2 amide bonds. The lowest BCUT2D eigenvalue weighted by Gasteiger charge is -2.36. The zero-order valence-electron chi connectivity index (χ0n) is 14.2. The van der Waals surface area contributed by atoms with Crippen LogP contribution in [0, 0.1) is 0 Å². The molecule has 0 bridgehead atoms. The zero-order valence-corrected chi connectivity index (χ0v) is 15.0. The number of urea groups is 1. The highest BCUT2D eigenvalue weighted by Crippen LogP contribution is 2.20. The highest BCUT2D eigenvalue weighted by atomic mass is 35.5. The van der Waals surface area contributed by atoms with Gasteiger partial charge in [-0.15, -0.1) is 0 Å². The number of ether oxygens (including phenoxy) is 1. The maximum absolute atomic E-state index is 12.3. The number of amides is 2. The summed E-state index contributed by atoms with van der Waals surface area (Å²) >= 11 is 6.05. The molecule has 1 aliphatic rings. The van der Waals surface area contributed by atoms with E-state index in [0.29, 0.717) is 19.6 Å². The van der Waals surface area contributed by atoms with Gasteiger partial charge in [0.2, 0.25) is 0 Å². The van der Waals surface area contributed by atoms with E-state index >= 15 is 0 Å². The molecule has 132 valence electrons. The minimum atomic E-state index is -0.0263. The molecule has 1 fully saturated rings. The summed E-state index contributed by atoms with van der Waals surface area (Å²) in [4.78, 5) is 16.4. The molecule has 2 aromatic rings. The van der Waals surface area contributed by atoms with Crippen molar-refractivity contribution in [1.29, 1.82) is 0 Å². The Hall–Kier alpha value is -2.40. The Labute approximate surface area is 153 Å². The molecule has 0 atom stereocenters. The number of rotatable bonds is 4. The van der Waals surface area contributed by atoms with Gasteiger partial charge in [-0.25, -0.2) is 4.79 Å². The van der Waals surface area contributed by atoms with E-state index in [1.54, 1.807) is 7.11 Å². The minimum absolute atomic E-state index is 0.0263. The summed E-state index contributed by atoms with van der Waals surface area (Å²) in [7, 11) is 1.64. The van der Waals surface area contributed by atoms with Crippen molar-refractivity contribution in [1.82, 2.24) is 10.2 Å². The van der Waals surface area contributed by atoms with Gasteiger partial charge in [-0.1, -0.05) is 29.8 Å². The van der Waals surface area contributed by atoms with Crippen LogP contribution in [0.2, 0.25) is 5.02 Å². The van der Waals surface area contributed by atoms with Crippen molar-refractivity contribution in [3.8, 4) is 5.75 Å². The Balaban J connectivity index is 1.48. The van der Waals surface area contributed by atoms with E-state index in [0.717, 1.165) is 35.1 Å². The molecule has 0 unspecified atom stereocenters. The summed E-state index contributed by atoms with van der Waals surface area (Å²) < 4.78 is 5.14. The molecule has 1 saturated heterocycles. The average Bonchev–Trinajstić information content (AvgIpc) is 2.66. The van der Waals surface area contributed by atoms with Gasteiger partial charge in [0.1, 0.15) is 5.75 Å². The quantitative estimate of drug-likeness (QED) is 0.910. The molecule has 6 heteroatoms. The summed E-state index contributed by atoms with van der Waals surface area (Å²) in [5, 5.41) is 3.71. The van der Waals surface area contributed by atoms with Gasteiger partial charge < -0.3 is 19.9 Å². The van der Waals surface area contributed by atoms with Crippen LogP contribution in [-0.2, 0) is 6.54 Å². The standard InChI is InChI=1S/C19H22ClN3O2/c1-25-18-7-5-15(6-8-18)14-21-19(24)23-11-9-22(10-12-23)17-4-2-3-16(20)13-17/h2-8,13H,9-12,14H2,1H3,(H,21,24). The molecule has 0 spiro atoms. The number of carbonyl (C=O) groups is 1. The SMILES string of the molecule is COc1ccc(CNC(=O)N2CCN(c3cccc(Cl)c3)CC2)cc1. The van der Waals surface area contributed by atoms with Crippen LogP contribution in [0.3, 0.4) is 0 Å². The summed E-state index contributed by atoms with van der Waals surface area (Å²) in [6.07, 6.45) is 0. The van der Waals surface area contributed by atoms with E-state index in [9.17, 15) is 4.79 Å². The average molecular weight is 360 g/mol. The Morgan fingerprint density at radius 3 is 2.48 bits per heavy atom. The van der Waals surface area contributed by atoms with Crippen molar-refractivity contribution in [2.75, 3.05) is 38.2 Å². The van der Waals surface area contributed by atoms with E-state index < -0.39 is 0 Å².